The average molecular weight is 126 g/mol. The molecule has 53 valence electrons. The molecule has 0 aromatic rings. The Kier molecular flexibility index (Phi) is 2.52. The lowest BCUT2D eigenvalue weighted by Crippen LogP contribution is -2.29. The third kappa shape index (κ3) is 1.98. The van der Waals surface area contributed by atoms with E-state index < -0.39 is 0 Å². The van der Waals surface area contributed by atoms with Gasteiger partial charge in [-0.05, 0) is 33.4 Å². The highest BCUT2D eigenvalue weighted by Gasteiger charge is 2.14. The summed E-state index contributed by atoms with van der Waals surface area (Å²) >= 11 is 0. The van der Waals surface area contributed by atoms with Gasteiger partial charge in [0.1, 0.15) is 0 Å². The molecule has 9 heavy (non-hydrogen) atoms. The molecule has 0 aromatic heterocycles. The Balaban J connectivity index is 2.23. The van der Waals surface area contributed by atoms with Gasteiger partial charge >= 0.3 is 0 Å². The first kappa shape index (κ1) is 7.07. The third-order valence-corrected chi connectivity index (χ3v) is 2.11. The summed E-state index contributed by atoms with van der Waals surface area (Å²) in [7, 11) is 4.34. The van der Waals surface area contributed by atoms with Crippen LogP contribution in [0.2, 0.25) is 0 Å². The van der Waals surface area contributed by atoms with Gasteiger partial charge in [0.15, 0.2) is 0 Å². The van der Waals surface area contributed by atoms with E-state index in [9.17, 15) is 0 Å². The van der Waals surface area contributed by atoms with E-state index in [2.05, 4.69) is 25.4 Å². The molecule has 0 spiro atoms. The van der Waals surface area contributed by atoms with Crippen molar-refractivity contribution in [1.82, 2.24) is 4.90 Å². The first-order valence-corrected chi connectivity index (χ1v) is 3.79. The van der Waals surface area contributed by atoms with Gasteiger partial charge in [-0.25, -0.2) is 0 Å². The van der Waals surface area contributed by atoms with Gasteiger partial charge in [-0.1, -0.05) is 12.8 Å². The van der Waals surface area contributed by atoms with Crippen LogP contribution in [0.3, 0.4) is 0 Å². The molecule has 0 aromatic carbocycles. The van der Waals surface area contributed by atoms with Gasteiger partial charge < -0.3 is 4.90 Å². The molecule has 1 heteroatoms. The summed E-state index contributed by atoms with van der Waals surface area (Å²) in [4.78, 5) is 2.33. The SMILES string of the molecule is CN(C)C1C[CH]CCC1. The second-order valence-corrected chi connectivity index (χ2v) is 3.07. The van der Waals surface area contributed by atoms with Crippen LogP contribution in [0.5, 0.6) is 0 Å². The zero-order valence-electron chi connectivity index (χ0n) is 6.43. The van der Waals surface area contributed by atoms with Crippen LogP contribution in [0.1, 0.15) is 25.7 Å². The summed E-state index contributed by atoms with van der Waals surface area (Å²) in [6, 6.07) is 0.832. The predicted molar refractivity (Wildman–Crippen MR) is 40.2 cm³/mol. The summed E-state index contributed by atoms with van der Waals surface area (Å²) < 4.78 is 0. The van der Waals surface area contributed by atoms with Crippen molar-refractivity contribution in [2.45, 2.75) is 31.7 Å². The van der Waals surface area contributed by atoms with Gasteiger partial charge in [0, 0.05) is 6.04 Å². The highest BCUT2D eigenvalue weighted by Crippen LogP contribution is 2.19. The fourth-order valence-corrected chi connectivity index (χ4v) is 1.39. The summed E-state index contributed by atoms with van der Waals surface area (Å²) in [6.07, 6.45) is 7.83. The first-order chi connectivity index (χ1) is 4.30. The van der Waals surface area contributed by atoms with Gasteiger partial charge in [0.05, 0.1) is 0 Å². The van der Waals surface area contributed by atoms with Crippen molar-refractivity contribution in [3.63, 3.8) is 0 Å². The zero-order chi connectivity index (χ0) is 6.69. The highest BCUT2D eigenvalue weighted by atomic mass is 15.1. The molecule has 1 atom stereocenters. The highest BCUT2D eigenvalue weighted by molar-refractivity contribution is 4.81. The number of hydrogen-bond acceptors (Lipinski definition) is 1. The Labute approximate surface area is 58.0 Å². The molecule has 1 aliphatic carbocycles. The third-order valence-electron chi connectivity index (χ3n) is 2.11. The lowest BCUT2D eigenvalue weighted by Gasteiger charge is -2.27. The quantitative estimate of drug-likeness (QED) is 0.517. The van der Waals surface area contributed by atoms with Crippen molar-refractivity contribution >= 4 is 0 Å². The van der Waals surface area contributed by atoms with Gasteiger partial charge in [0.2, 0.25) is 0 Å². The standard InChI is InChI=1S/C8H16N/c1-9(2)8-6-4-3-5-7-8/h4,8H,3,5-7H2,1-2H3. The first-order valence-electron chi connectivity index (χ1n) is 3.79. The molecule has 0 aliphatic heterocycles. The van der Waals surface area contributed by atoms with Crippen LogP contribution < -0.4 is 0 Å². The van der Waals surface area contributed by atoms with Crippen molar-refractivity contribution in [1.29, 1.82) is 0 Å². The van der Waals surface area contributed by atoms with E-state index in [0.29, 0.717) is 0 Å². The number of hydrogen-bond donors (Lipinski definition) is 0. The van der Waals surface area contributed by atoms with E-state index in [0.717, 1.165) is 6.04 Å². The summed E-state index contributed by atoms with van der Waals surface area (Å²) in [5.74, 6) is 0. The van der Waals surface area contributed by atoms with E-state index in [1.54, 1.807) is 0 Å². The van der Waals surface area contributed by atoms with Crippen LogP contribution in [-0.2, 0) is 0 Å². The molecule has 1 aliphatic rings. The normalized spacial score (nSPS) is 23.0. The molecule has 0 amide bonds. The lowest BCUT2D eigenvalue weighted by molar-refractivity contribution is 0.253. The molecular weight excluding hydrogens is 110 g/mol. The smallest absolute Gasteiger partial charge is 0.00919 e. The summed E-state index contributed by atoms with van der Waals surface area (Å²) in [5.41, 5.74) is 0. The minimum atomic E-state index is 0.832. The Morgan fingerprint density at radius 3 is 2.56 bits per heavy atom. The molecule has 0 bridgehead atoms. The maximum atomic E-state index is 2.41. The van der Waals surface area contributed by atoms with E-state index in [1.807, 2.05) is 0 Å². The van der Waals surface area contributed by atoms with Crippen LogP contribution in [0, 0.1) is 6.42 Å². The number of nitrogens with zero attached hydrogens (tertiary/aromatic N) is 1. The Bertz CT molecular complexity index is 72.6. The van der Waals surface area contributed by atoms with Crippen molar-refractivity contribution in [3.8, 4) is 0 Å². The van der Waals surface area contributed by atoms with E-state index >= 15 is 0 Å². The predicted octanol–water partition coefficient (Wildman–Crippen LogP) is 1.69. The second-order valence-electron chi connectivity index (χ2n) is 3.07. The van der Waals surface area contributed by atoms with Crippen LogP contribution in [0.4, 0.5) is 0 Å². The second kappa shape index (κ2) is 3.21. The van der Waals surface area contributed by atoms with Crippen LogP contribution in [0.15, 0.2) is 0 Å². The van der Waals surface area contributed by atoms with Crippen molar-refractivity contribution in [3.05, 3.63) is 6.42 Å². The maximum Gasteiger partial charge on any atom is 0.00919 e. The molecule has 1 fully saturated rings. The molecular formula is C8H16N. The van der Waals surface area contributed by atoms with Crippen molar-refractivity contribution < 1.29 is 0 Å². The van der Waals surface area contributed by atoms with Gasteiger partial charge in [0.25, 0.3) is 0 Å². The number of rotatable bonds is 1. The van der Waals surface area contributed by atoms with Gasteiger partial charge in [-0.15, -0.1) is 0 Å². The largest absolute Gasteiger partial charge is 0.306 e. The van der Waals surface area contributed by atoms with E-state index in [1.165, 1.54) is 25.7 Å². The Hall–Kier alpha value is -0.0400. The molecule has 1 rings (SSSR count). The van der Waals surface area contributed by atoms with Crippen LogP contribution in [-0.4, -0.2) is 25.0 Å². The van der Waals surface area contributed by atoms with Crippen molar-refractivity contribution in [2.24, 2.45) is 0 Å². The molecule has 1 saturated carbocycles. The Morgan fingerprint density at radius 1 is 1.44 bits per heavy atom. The lowest BCUT2D eigenvalue weighted by atomic mass is 9.95. The van der Waals surface area contributed by atoms with Crippen LogP contribution in [0.25, 0.3) is 0 Å². The molecule has 0 saturated heterocycles. The maximum absolute atomic E-state index is 2.41. The fourth-order valence-electron chi connectivity index (χ4n) is 1.39. The topological polar surface area (TPSA) is 3.24 Å². The molecule has 1 nitrogen and oxygen atoms in total. The molecule has 0 N–H and O–H groups in total. The fraction of sp³-hybridized carbons (Fsp3) is 0.875. The minimum absolute atomic E-state index is 0.832. The summed E-state index contributed by atoms with van der Waals surface area (Å²) in [5, 5.41) is 0. The van der Waals surface area contributed by atoms with Gasteiger partial charge in [-0.2, -0.15) is 0 Å². The van der Waals surface area contributed by atoms with E-state index in [-0.39, 0.29) is 0 Å². The monoisotopic (exact) mass is 126 g/mol. The Morgan fingerprint density at radius 2 is 2.22 bits per heavy atom. The van der Waals surface area contributed by atoms with Crippen molar-refractivity contribution in [2.75, 3.05) is 14.1 Å². The van der Waals surface area contributed by atoms with Gasteiger partial charge in [-0.3, -0.25) is 0 Å². The molecule has 1 unspecified atom stereocenters. The molecule has 0 heterocycles. The average Bonchev–Trinajstić information content (AvgIpc) is 1.90. The van der Waals surface area contributed by atoms with Crippen LogP contribution >= 0.6 is 0 Å². The summed E-state index contributed by atoms with van der Waals surface area (Å²) in [6.45, 7) is 0. The minimum Gasteiger partial charge on any atom is -0.306 e. The zero-order valence-corrected chi connectivity index (χ0v) is 6.43. The molecule has 1 radical (unpaired) electrons. The van der Waals surface area contributed by atoms with E-state index in [4.69, 9.17) is 0 Å².